The second-order valence-electron chi connectivity index (χ2n) is 6.49. The first-order valence-corrected chi connectivity index (χ1v) is 8.91. The summed E-state index contributed by atoms with van der Waals surface area (Å²) in [4.78, 5) is 16.5. The van der Waals surface area contributed by atoms with Gasteiger partial charge in [0.05, 0.1) is 17.3 Å². The quantitative estimate of drug-likeness (QED) is 0.725. The van der Waals surface area contributed by atoms with Gasteiger partial charge < -0.3 is 10.3 Å². The molecule has 5 nitrogen and oxygen atoms in total. The summed E-state index contributed by atoms with van der Waals surface area (Å²) in [7, 11) is 1.95. The molecule has 0 saturated carbocycles. The van der Waals surface area contributed by atoms with Gasteiger partial charge in [-0.15, -0.1) is 0 Å². The van der Waals surface area contributed by atoms with Crippen molar-refractivity contribution >= 4 is 17.4 Å². The van der Waals surface area contributed by atoms with Gasteiger partial charge in [-0.05, 0) is 35.9 Å². The SMILES string of the molecule is CN1NC(c2ccccc2)C=C1c1ccc(NC(=O)c2ccccc2F)nc1. The van der Waals surface area contributed by atoms with Gasteiger partial charge in [-0.25, -0.2) is 14.8 Å². The highest BCUT2D eigenvalue weighted by Crippen LogP contribution is 2.29. The fraction of sp³-hybridized carbons (Fsp3) is 0.0909. The highest BCUT2D eigenvalue weighted by Gasteiger charge is 2.22. The zero-order valence-corrected chi connectivity index (χ0v) is 15.3. The molecule has 6 heteroatoms. The van der Waals surface area contributed by atoms with Crippen LogP contribution in [0.15, 0.2) is 79.0 Å². The minimum Gasteiger partial charge on any atom is -0.310 e. The van der Waals surface area contributed by atoms with E-state index >= 15 is 0 Å². The monoisotopic (exact) mass is 374 g/mol. The van der Waals surface area contributed by atoms with Gasteiger partial charge >= 0.3 is 0 Å². The number of nitrogens with one attached hydrogen (secondary N) is 2. The maximum atomic E-state index is 13.7. The van der Waals surface area contributed by atoms with E-state index in [0.29, 0.717) is 5.82 Å². The largest absolute Gasteiger partial charge is 0.310 e. The number of halogens is 1. The number of carbonyl (C=O) groups excluding carboxylic acids is 1. The molecule has 1 aliphatic heterocycles. The number of amides is 1. The lowest BCUT2D eigenvalue weighted by atomic mass is 10.1. The number of carbonyl (C=O) groups is 1. The van der Waals surface area contributed by atoms with Crippen molar-refractivity contribution in [1.82, 2.24) is 15.4 Å². The summed E-state index contributed by atoms with van der Waals surface area (Å²) < 4.78 is 13.7. The Hall–Kier alpha value is -3.51. The highest BCUT2D eigenvalue weighted by atomic mass is 19.1. The molecular formula is C22H19FN4O. The molecule has 1 aliphatic rings. The summed E-state index contributed by atoms with van der Waals surface area (Å²) in [6, 6.07) is 19.7. The number of pyridine rings is 1. The van der Waals surface area contributed by atoms with E-state index < -0.39 is 11.7 Å². The Bertz CT molecular complexity index is 1020. The Morgan fingerprint density at radius 3 is 2.54 bits per heavy atom. The molecule has 2 N–H and O–H groups in total. The van der Waals surface area contributed by atoms with E-state index in [9.17, 15) is 9.18 Å². The van der Waals surface area contributed by atoms with E-state index in [1.807, 2.05) is 36.3 Å². The van der Waals surface area contributed by atoms with Crippen molar-refractivity contribution in [2.45, 2.75) is 6.04 Å². The minimum absolute atomic E-state index is 0.0125. The minimum atomic E-state index is -0.563. The molecule has 0 aliphatic carbocycles. The first-order chi connectivity index (χ1) is 13.6. The fourth-order valence-corrected chi connectivity index (χ4v) is 3.15. The molecule has 4 rings (SSSR count). The Labute approximate surface area is 162 Å². The summed E-state index contributed by atoms with van der Waals surface area (Å²) in [5.41, 5.74) is 6.46. The van der Waals surface area contributed by atoms with E-state index in [4.69, 9.17) is 0 Å². The van der Waals surface area contributed by atoms with Crippen molar-refractivity contribution in [3.63, 3.8) is 0 Å². The van der Waals surface area contributed by atoms with Crippen molar-refractivity contribution in [1.29, 1.82) is 0 Å². The number of rotatable bonds is 4. The van der Waals surface area contributed by atoms with Gasteiger partial charge in [0.2, 0.25) is 0 Å². The first-order valence-electron chi connectivity index (χ1n) is 8.91. The molecule has 0 spiro atoms. The van der Waals surface area contributed by atoms with Crippen LogP contribution in [0.5, 0.6) is 0 Å². The third kappa shape index (κ3) is 3.63. The third-order valence-electron chi connectivity index (χ3n) is 4.60. The van der Waals surface area contributed by atoms with E-state index in [2.05, 4.69) is 33.9 Å². The molecule has 2 heterocycles. The lowest BCUT2D eigenvalue weighted by molar-refractivity contribution is 0.102. The molecule has 2 aromatic carbocycles. The van der Waals surface area contributed by atoms with E-state index in [1.54, 1.807) is 24.4 Å². The molecule has 1 unspecified atom stereocenters. The summed E-state index contributed by atoms with van der Waals surface area (Å²) in [6.45, 7) is 0. The molecule has 28 heavy (non-hydrogen) atoms. The number of hydrogen-bond acceptors (Lipinski definition) is 4. The van der Waals surface area contributed by atoms with E-state index in [-0.39, 0.29) is 11.6 Å². The predicted octanol–water partition coefficient (Wildman–Crippen LogP) is 4.01. The van der Waals surface area contributed by atoms with Crippen molar-refractivity contribution < 1.29 is 9.18 Å². The van der Waals surface area contributed by atoms with Crippen LogP contribution in [0.1, 0.15) is 27.5 Å². The van der Waals surface area contributed by atoms with Gasteiger partial charge in [0.1, 0.15) is 11.6 Å². The van der Waals surface area contributed by atoms with Crippen LogP contribution in [-0.4, -0.2) is 22.9 Å². The third-order valence-corrected chi connectivity index (χ3v) is 4.60. The molecule has 140 valence electrons. The zero-order valence-electron chi connectivity index (χ0n) is 15.3. The maximum Gasteiger partial charge on any atom is 0.259 e. The highest BCUT2D eigenvalue weighted by molar-refractivity contribution is 6.03. The second kappa shape index (κ2) is 7.62. The van der Waals surface area contributed by atoms with Crippen LogP contribution in [-0.2, 0) is 0 Å². The van der Waals surface area contributed by atoms with E-state index in [1.165, 1.54) is 17.7 Å². The maximum absolute atomic E-state index is 13.7. The van der Waals surface area contributed by atoms with Crippen LogP contribution in [0.4, 0.5) is 10.2 Å². The summed E-state index contributed by atoms with van der Waals surface area (Å²) in [5, 5.41) is 4.57. The average molecular weight is 374 g/mol. The van der Waals surface area contributed by atoms with Crippen LogP contribution in [0, 0.1) is 5.82 Å². The Morgan fingerprint density at radius 2 is 1.82 bits per heavy atom. The second-order valence-corrected chi connectivity index (χ2v) is 6.49. The lowest BCUT2D eigenvalue weighted by Gasteiger charge is -2.19. The number of nitrogens with zero attached hydrogens (tertiary/aromatic N) is 2. The molecule has 3 aromatic rings. The van der Waals surface area contributed by atoms with Gasteiger partial charge in [-0.2, -0.15) is 0 Å². The first kappa shape index (κ1) is 17.9. The fourth-order valence-electron chi connectivity index (χ4n) is 3.15. The summed E-state index contributed by atoms with van der Waals surface area (Å²) in [6.07, 6.45) is 3.82. The van der Waals surface area contributed by atoms with Gasteiger partial charge in [0.25, 0.3) is 5.91 Å². The molecule has 0 radical (unpaired) electrons. The number of hydrogen-bond donors (Lipinski definition) is 2. The van der Waals surface area contributed by atoms with E-state index in [0.717, 1.165) is 11.3 Å². The molecule has 1 aromatic heterocycles. The van der Waals surface area contributed by atoms with Crippen molar-refractivity contribution in [3.05, 3.63) is 102 Å². The molecular weight excluding hydrogens is 355 g/mol. The predicted molar refractivity (Wildman–Crippen MR) is 107 cm³/mol. The Kier molecular flexibility index (Phi) is 4.87. The topological polar surface area (TPSA) is 57.3 Å². The normalized spacial score (nSPS) is 16.0. The zero-order chi connectivity index (χ0) is 19.5. The molecule has 0 saturated heterocycles. The van der Waals surface area contributed by atoms with Crippen molar-refractivity contribution in [2.24, 2.45) is 0 Å². The number of anilines is 1. The van der Waals surface area contributed by atoms with Crippen molar-refractivity contribution in [2.75, 3.05) is 12.4 Å². The molecule has 0 bridgehead atoms. The van der Waals surface area contributed by atoms with Crippen LogP contribution in [0.3, 0.4) is 0 Å². The summed E-state index contributed by atoms with van der Waals surface area (Å²) >= 11 is 0. The van der Waals surface area contributed by atoms with Crippen LogP contribution >= 0.6 is 0 Å². The van der Waals surface area contributed by atoms with Gasteiger partial charge in [-0.3, -0.25) is 4.79 Å². The Balaban J connectivity index is 1.50. The van der Waals surface area contributed by atoms with Gasteiger partial charge in [-0.1, -0.05) is 42.5 Å². The van der Waals surface area contributed by atoms with Crippen LogP contribution < -0.4 is 10.7 Å². The molecule has 1 amide bonds. The smallest absolute Gasteiger partial charge is 0.259 e. The number of aromatic nitrogens is 1. The van der Waals surface area contributed by atoms with Gasteiger partial charge in [0, 0.05) is 18.8 Å². The summed E-state index contributed by atoms with van der Waals surface area (Å²) in [5.74, 6) is -0.723. The number of benzene rings is 2. The lowest BCUT2D eigenvalue weighted by Crippen LogP contribution is -2.29. The average Bonchev–Trinajstić information content (AvgIpc) is 3.11. The van der Waals surface area contributed by atoms with Crippen LogP contribution in [0.2, 0.25) is 0 Å². The van der Waals surface area contributed by atoms with Gasteiger partial charge in [0.15, 0.2) is 0 Å². The molecule has 1 atom stereocenters. The van der Waals surface area contributed by atoms with Crippen LogP contribution in [0.25, 0.3) is 5.70 Å². The Morgan fingerprint density at radius 1 is 1.07 bits per heavy atom. The number of hydrazine groups is 1. The van der Waals surface area contributed by atoms with Crippen molar-refractivity contribution in [3.8, 4) is 0 Å². The molecule has 0 fully saturated rings. The standard InChI is InChI=1S/C22H19FN4O/c1-27-20(13-19(26-27)15-7-3-2-4-8-15)16-11-12-21(24-14-16)25-22(28)17-9-5-6-10-18(17)23/h2-14,19,26H,1H3,(H,24,25,28).